The maximum Gasteiger partial charge on any atom is 0.257 e. The Morgan fingerprint density at radius 2 is 1.73 bits per heavy atom. The summed E-state index contributed by atoms with van der Waals surface area (Å²) in [6.07, 6.45) is 0. The summed E-state index contributed by atoms with van der Waals surface area (Å²) < 4.78 is 5.24. The largest absolute Gasteiger partial charge is 0.505 e. The molecule has 0 aliphatic heterocycles. The van der Waals surface area contributed by atoms with E-state index in [9.17, 15) is 19.5 Å². The number of phenols is 1. The highest BCUT2D eigenvalue weighted by Crippen LogP contribution is 2.32. The quantitative estimate of drug-likeness (QED) is 0.385. The molecule has 0 heterocycles. The molecule has 3 aromatic rings. The Bertz CT molecular complexity index is 1130. The minimum absolute atomic E-state index is 0. The Morgan fingerprint density at radius 1 is 1.07 bits per heavy atom. The van der Waals surface area contributed by atoms with E-state index in [0.717, 1.165) is 5.56 Å². The molecule has 0 aliphatic carbocycles. The Kier molecular flexibility index (Phi) is 6.17. The zero-order valence-electron chi connectivity index (χ0n) is 16.9. The van der Waals surface area contributed by atoms with Crippen molar-refractivity contribution in [2.75, 3.05) is 38.4 Å². The fourth-order valence-electron chi connectivity index (χ4n) is 3.09. The Morgan fingerprint density at radius 3 is 2.37 bits per heavy atom. The van der Waals surface area contributed by atoms with E-state index in [2.05, 4.69) is 10.6 Å². The molecule has 0 radical (unpaired) electrons. The van der Waals surface area contributed by atoms with Crippen LogP contribution in [0.4, 0.5) is 17.1 Å². The second-order valence-corrected chi connectivity index (χ2v) is 7.00. The number of amides is 1. The van der Waals surface area contributed by atoms with Gasteiger partial charge in [0.15, 0.2) is 5.75 Å². The van der Waals surface area contributed by atoms with Gasteiger partial charge in [0.1, 0.15) is 11.4 Å². The lowest BCUT2D eigenvalue weighted by atomic mass is 10.1. The number of ether oxygens (including phenoxy) is 1. The molecule has 3 rings (SSSR count). The third-order valence-corrected chi connectivity index (χ3v) is 4.70. The van der Waals surface area contributed by atoms with Gasteiger partial charge in [0.25, 0.3) is 16.8 Å². The van der Waals surface area contributed by atoms with E-state index in [0.29, 0.717) is 0 Å². The molecule has 30 heavy (non-hydrogen) atoms. The number of hydrogen-bond donors (Lipinski definition) is 3. The Labute approximate surface area is 176 Å². The monoisotopic (exact) mass is 413 g/mol. The van der Waals surface area contributed by atoms with E-state index in [-0.39, 0.29) is 49.8 Å². The van der Waals surface area contributed by atoms with Crippen LogP contribution >= 0.6 is 0 Å². The third kappa shape index (κ3) is 4.04. The van der Waals surface area contributed by atoms with Crippen molar-refractivity contribution in [3.8, 4) is 5.75 Å². The van der Waals surface area contributed by atoms with E-state index in [1.54, 1.807) is 27.3 Å². The van der Waals surface area contributed by atoms with Crippen molar-refractivity contribution in [3.63, 3.8) is 0 Å². The standard InChI is InChI=1S/C22H23N3O5.2H2/c1-25(2)22(29)14-10-7-11-15(19(14)26)23-17-18(21(28)20(17)27)24-16(12-30-3)13-8-5-4-6-9-13;;/h4-11,16,23-24,26H,12H2,1-3H3;2*1H/t16-;;/m1../s1. The minimum Gasteiger partial charge on any atom is -0.505 e. The molecule has 0 saturated carbocycles. The zero-order valence-corrected chi connectivity index (χ0v) is 16.9. The highest BCUT2D eigenvalue weighted by molar-refractivity contribution is 5.99. The number of carbonyl (C=O) groups excluding carboxylic acids is 1. The molecule has 0 bridgehead atoms. The second-order valence-electron chi connectivity index (χ2n) is 7.00. The van der Waals surface area contributed by atoms with Gasteiger partial charge in [-0.3, -0.25) is 14.4 Å². The summed E-state index contributed by atoms with van der Waals surface area (Å²) in [6.45, 7) is 0.278. The van der Waals surface area contributed by atoms with Crippen LogP contribution in [0, 0.1) is 0 Å². The fraction of sp³-hybridized carbons (Fsp3) is 0.227. The van der Waals surface area contributed by atoms with Crippen molar-refractivity contribution < 1.29 is 17.5 Å². The lowest BCUT2D eigenvalue weighted by Gasteiger charge is -2.23. The van der Waals surface area contributed by atoms with Crippen molar-refractivity contribution in [1.82, 2.24) is 4.90 Å². The number of carbonyl (C=O) groups is 1. The number of hydrogen-bond acceptors (Lipinski definition) is 7. The van der Waals surface area contributed by atoms with Gasteiger partial charge in [-0.15, -0.1) is 0 Å². The van der Waals surface area contributed by atoms with Crippen molar-refractivity contribution in [1.29, 1.82) is 0 Å². The maximum absolute atomic E-state index is 12.2. The van der Waals surface area contributed by atoms with Crippen LogP contribution in [0.1, 0.15) is 24.8 Å². The van der Waals surface area contributed by atoms with Gasteiger partial charge < -0.3 is 25.4 Å². The molecule has 0 aromatic heterocycles. The molecule has 160 valence electrons. The molecule has 0 unspecified atom stereocenters. The molecule has 1 amide bonds. The van der Waals surface area contributed by atoms with E-state index >= 15 is 0 Å². The molecule has 8 heteroatoms. The summed E-state index contributed by atoms with van der Waals surface area (Å²) in [5.41, 5.74) is -0.100. The first-order valence-electron chi connectivity index (χ1n) is 9.29. The molecular weight excluding hydrogens is 386 g/mol. The van der Waals surface area contributed by atoms with Gasteiger partial charge >= 0.3 is 0 Å². The molecule has 3 N–H and O–H groups in total. The lowest BCUT2D eigenvalue weighted by Crippen LogP contribution is -2.38. The predicted octanol–water partition coefficient (Wildman–Crippen LogP) is 2.73. The molecule has 1 atom stereocenters. The number of benzene rings is 2. The molecule has 8 nitrogen and oxygen atoms in total. The summed E-state index contributed by atoms with van der Waals surface area (Å²) in [5.74, 6) is -0.685. The molecule has 0 fully saturated rings. The summed E-state index contributed by atoms with van der Waals surface area (Å²) >= 11 is 0. The molecular formula is C22H27N3O5. The topological polar surface area (TPSA) is 108 Å². The third-order valence-electron chi connectivity index (χ3n) is 4.70. The van der Waals surface area contributed by atoms with E-state index in [1.165, 1.54) is 17.0 Å². The van der Waals surface area contributed by atoms with Crippen molar-refractivity contribution in [3.05, 3.63) is 80.1 Å². The second kappa shape index (κ2) is 8.79. The minimum atomic E-state index is -0.703. The first kappa shape index (κ1) is 21.1. The van der Waals surface area contributed by atoms with Crippen LogP contribution < -0.4 is 21.5 Å². The van der Waals surface area contributed by atoms with Crippen molar-refractivity contribution >= 4 is 23.0 Å². The van der Waals surface area contributed by atoms with Crippen LogP contribution in [-0.4, -0.2) is 43.7 Å². The number of anilines is 3. The highest BCUT2D eigenvalue weighted by Gasteiger charge is 2.26. The first-order chi connectivity index (χ1) is 14.3. The van der Waals surface area contributed by atoms with Crippen molar-refractivity contribution in [2.24, 2.45) is 0 Å². The molecule has 0 aliphatic rings. The van der Waals surface area contributed by atoms with Crippen LogP contribution in [-0.2, 0) is 4.74 Å². The van der Waals surface area contributed by atoms with Gasteiger partial charge in [-0.05, 0) is 17.7 Å². The van der Waals surface area contributed by atoms with E-state index < -0.39 is 10.9 Å². The van der Waals surface area contributed by atoms with E-state index in [4.69, 9.17) is 4.74 Å². The van der Waals surface area contributed by atoms with Crippen molar-refractivity contribution in [2.45, 2.75) is 6.04 Å². The summed E-state index contributed by atoms with van der Waals surface area (Å²) in [6, 6.07) is 13.6. The van der Waals surface area contributed by atoms with Crippen LogP contribution in [0.5, 0.6) is 5.75 Å². The average Bonchev–Trinajstić information content (AvgIpc) is 2.76. The number of phenolic OH excluding ortho intramolecular Hbond substituents is 1. The predicted molar refractivity (Wildman–Crippen MR) is 120 cm³/mol. The number of aromatic hydroxyl groups is 1. The number of nitrogens with zero attached hydrogens (tertiary/aromatic N) is 1. The maximum atomic E-state index is 12.2. The van der Waals surface area contributed by atoms with E-state index in [1.807, 2.05) is 30.3 Å². The van der Waals surface area contributed by atoms with Gasteiger partial charge in [0.05, 0.1) is 23.9 Å². The number of nitrogens with one attached hydrogen (secondary N) is 2. The number of methoxy groups -OCH3 is 1. The molecule has 0 saturated heterocycles. The Balaban J connectivity index is 0.00000256. The van der Waals surface area contributed by atoms with Gasteiger partial charge in [-0.2, -0.15) is 0 Å². The van der Waals surface area contributed by atoms with Crippen LogP contribution in [0.2, 0.25) is 0 Å². The average molecular weight is 413 g/mol. The number of rotatable bonds is 8. The van der Waals surface area contributed by atoms with Gasteiger partial charge in [-0.25, -0.2) is 0 Å². The normalized spacial score (nSPS) is 11.8. The molecule has 0 spiro atoms. The summed E-state index contributed by atoms with van der Waals surface area (Å²) in [4.78, 5) is 38.0. The molecule has 3 aromatic carbocycles. The number of para-hydroxylation sites is 1. The van der Waals surface area contributed by atoms with Gasteiger partial charge in [0, 0.05) is 24.1 Å². The smallest absolute Gasteiger partial charge is 0.257 e. The SMILES string of the molecule is COC[C@@H](Nc1c(Nc2cccc(C(=O)N(C)C)c2O)c(=O)c1=O)c1ccccc1.[HH].[HH]. The first-order valence-corrected chi connectivity index (χ1v) is 9.29. The lowest BCUT2D eigenvalue weighted by molar-refractivity contribution is 0.0824. The fourth-order valence-corrected chi connectivity index (χ4v) is 3.09. The van der Waals surface area contributed by atoms with Crippen LogP contribution in [0.3, 0.4) is 0 Å². The summed E-state index contributed by atoms with van der Waals surface area (Å²) in [7, 11) is 4.68. The van der Waals surface area contributed by atoms with Crippen LogP contribution in [0.15, 0.2) is 58.1 Å². The van der Waals surface area contributed by atoms with Gasteiger partial charge in [-0.1, -0.05) is 36.4 Å². The highest BCUT2D eigenvalue weighted by atomic mass is 16.5. The Hall–Kier alpha value is -3.65. The zero-order chi connectivity index (χ0) is 21.8. The summed E-state index contributed by atoms with van der Waals surface area (Å²) in [5, 5.41) is 16.3. The van der Waals surface area contributed by atoms with Crippen LogP contribution in [0.25, 0.3) is 0 Å². The van der Waals surface area contributed by atoms with Gasteiger partial charge in [0.2, 0.25) is 0 Å².